The van der Waals surface area contributed by atoms with Crippen LogP contribution in [-0.2, 0) is 19.4 Å². The average Bonchev–Trinajstić information content (AvgIpc) is 2.65. The van der Waals surface area contributed by atoms with Crippen molar-refractivity contribution in [2.24, 2.45) is 0 Å². The Labute approximate surface area is 111 Å². The van der Waals surface area contributed by atoms with Gasteiger partial charge in [-0.15, -0.1) is 0 Å². The maximum atomic E-state index is 11.5. The van der Waals surface area contributed by atoms with Gasteiger partial charge in [-0.2, -0.15) is 0 Å². The van der Waals surface area contributed by atoms with Crippen LogP contribution in [0.5, 0.6) is 0 Å². The molecule has 1 heterocycles. The van der Waals surface area contributed by atoms with Crippen molar-refractivity contribution in [3.63, 3.8) is 0 Å². The van der Waals surface area contributed by atoms with E-state index < -0.39 is 33.1 Å². The topological polar surface area (TPSA) is 122 Å². The van der Waals surface area contributed by atoms with Crippen LogP contribution in [0.1, 0.15) is 12.8 Å². The Hall–Kier alpha value is -1.35. The summed E-state index contributed by atoms with van der Waals surface area (Å²) in [6.45, 7) is -0.169. The number of aliphatic carboxylic acids is 1. The molecule has 2 atom stereocenters. The molecule has 1 aliphatic rings. The highest BCUT2D eigenvalue weighted by molar-refractivity contribution is 7.92. The van der Waals surface area contributed by atoms with E-state index >= 15 is 0 Å². The zero-order valence-electron chi connectivity index (χ0n) is 10.6. The Kier molecular flexibility index (Phi) is 5.55. The second kappa shape index (κ2) is 6.71. The summed E-state index contributed by atoms with van der Waals surface area (Å²) in [7, 11) is -1.80. The molecule has 3 N–H and O–H groups in total. The summed E-state index contributed by atoms with van der Waals surface area (Å²) in [6.07, 6.45) is 1.11. The van der Waals surface area contributed by atoms with Gasteiger partial charge in [0.05, 0.1) is 17.6 Å². The predicted molar refractivity (Wildman–Crippen MR) is 66.6 cm³/mol. The number of carboxylic acids is 1. The number of carboxylic acid groups (broad SMARTS) is 1. The van der Waals surface area contributed by atoms with Crippen LogP contribution in [0.15, 0.2) is 0 Å². The van der Waals surface area contributed by atoms with Gasteiger partial charge in [-0.05, 0) is 12.8 Å². The highest BCUT2D eigenvalue weighted by Gasteiger charge is 2.31. The Balaban J connectivity index is 2.41. The van der Waals surface area contributed by atoms with E-state index in [4.69, 9.17) is 5.11 Å². The maximum absolute atomic E-state index is 11.5. The lowest BCUT2D eigenvalue weighted by Crippen LogP contribution is -2.49. The number of hydrogen-bond acceptors (Lipinski definition) is 5. The molecule has 1 rings (SSSR count). The van der Waals surface area contributed by atoms with Gasteiger partial charge in [-0.25, -0.2) is 18.0 Å². The predicted octanol–water partition coefficient (Wildman–Crippen LogP) is -1.04. The minimum absolute atomic E-state index is 0.00646. The highest BCUT2D eigenvalue weighted by Crippen LogP contribution is 2.18. The first-order chi connectivity index (χ1) is 8.86. The molecule has 0 bridgehead atoms. The number of nitrogens with one attached hydrogen (secondary N) is 2. The molecule has 9 heteroatoms. The second-order valence-electron chi connectivity index (χ2n) is 4.33. The highest BCUT2D eigenvalue weighted by atomic mass is 32.2. The standard InChI is InChI=1S/C10H18N2O6S/c1-18-6-8(9(13)14)12-10(15)11-5-7-3-2-4-19(7,16)17/h7-8H,2-6H2,1H3,(H,13,14)(H2,11,12,15). The number of urea groups is 1. The number of hydrogen-bond donors (Lipinski definition) is 3. The van der Waals surface area contributed by atoms with Gasteiger partial charge >= 0.3 is 12.0 Å². The molecular formula is C10H18N2O6S. The number of sulfone groups is 1. The van der Waals surface area contributed by atoms with Crippen molar-refractivity contribution >= 4 is 21.8 Å². The molecule has 0 spiro atoms. The fraction of sp³-hybridized carbons (Fsp3) is 0.800. The first-order valence-corrected chi connectivity index (χ1v) is 7.56. The van der Waals surface area contributed by atoms with Gasteiger partial charge in [0.15, 0.2) is 15.9 Å². The zero-order valence-corrected chi connectivity index (χ0v) is 11.4. The minimum atomic E-state index is -3.12. The third kappa shape index (κ3) is 4.67. The Morgan fingerprint density at radius 2 is 2.16 bits per heavy atom. The molecule has 1 aliphatic heterocycles. The summed E-state index contributed by atoms with van der Waals surface area (Å²) in [5.41, 5.74) is 0. The first kappa shape index (κ1) is 15.7. The lowest BCUT2D eigenvalue weighted by atomic mass is 10.2. The van der Waals surface area contributed by atoms with Crippen LogP contribution in [0.4, 0.5) is 4.79 Å². The molecule has 1 saturated heterocycles. The maximum Gasteiger partial charge on any atom is 0.328 e. The third-order valence-corrected chi connectivity index (χ3v) is 5.17. The molecule has 1 fully saturated rings. The van der Waals surface area contributed by atoms with Crippen molar-refractivity contribution in [2.75, 3.05) is 26.0 Å². The van der Waals surface area contributed by atoms with Gasteiger partial charge in [0.25, 0.3) is 0 Å². The summed E-state index contributed by atoms with van der Waals surface area (Å²) in [5.74, 6) is -1.08. The second-order valence-corrected chi connectivity index (χ2v) is 6.73. The molecule has 0 radical (unpaired) electrons. The molecule has 8 nitrogen and oxygen atoms in total. The van der Waals surface area contributed by atoms with Gasteiger partial charge in [-0.3, -0.25) is 0 Å². The number of amides is 2. The number of ether oxygens (including phenoxy) is 1. The minimum Gasteiger partial charge on any atom is -0.480 e. The van der Waals surface area contributed by atoms with E-state index in [0.717, 1.165) is 0 Å². The third-order valence-electron chi connectivity index (χ3n) is 2.89. The average molecular weight is 294 g/mol. The monoisotopic (exact) mass is 294 g/mol. The van der Waals surface area contributed by atoms with E-state index in [-0.39, 0.29) is 18.9 Å². The smallest absolute Gasteiger partial charge is 0.328 e. The van der Waals surface area contributed by atoms with Gasteiger partial charge in [0.2, 0.25) is 0 Å². The number of methoxy groups -OCH3 is 1. The fourth-order valence-electron chi connectivity index (χ4n) is 1.84. The van der Waals surface area contributed by atoms with Crippen LogP contribution in [0.2, 0.25) is 0 Å². The first-order valence-electron chi connectivity index (χ1n) is 5.84. The van der Waals surface area contributed by atoms with Crippen molar-refractivity contribution in [1.82, 2.24) is 10.6 Å². The molecule has 0 saturated carbocycles. The normalized spacial score (nSPS) is 22.7. The summed E-state index contributed by atoms with van der Waals surface area (Å²) in [5, 5.41) is 12.8. The van der Waals surface area contributed by atoms with Crippen molar-refractivity contribution < 1.29 is 27.9 Å². The lowest BCUT2D eigenvalue weighted by Gasteiger charge is -2.15. The summed E-state index contributed by atoms with van der Waals surface area (Å²) in [4.78, 5) is 22.2. The van der Waals surface area contributed by atoms with Crippen LogP contribution in [-0.4, -0.2) is 62.8 Å². The van der Waals surface area contributed by atoms with E-state index in [9.17, 15) is 18.0 Å². The van der Waals surface area contributed by atoms with Gasteiger partial charge in [0.1, 0.15) is 0 Å². The molecular weight excluding hydrogens is 276 g/mol. The summed E-state index contributed by atoms with van der Waals surface area (Å²) < 4.78 is 27.7. The number of carbonyl (C=O) groups is 2. The van der Waals surface area contributed by atoms with Crippen LogP contribution < -0.4 is 10.6 Å². The molecule has 2 amide bonds. The van der Waals surface area contributed by atoms with Crippen LogP contribution in [0, 0.1) is 0 Å². The number of rotatable bonds is 6. The molecule has 110 valence electrons. The fourth-order valence-corrected chi connectivity index (χ4v) is 3.61. The molecule has 0 aromatic heterocycles. The Morgan fingerprint density at radius 3 is 2.63 bits per heavy atom. The van der Waals surface area contributed by atoms with E-state index in [1.807, 2.05) is 0 Å². The van der Waals surface area contributed by atoms with Gasteiger partial charge in [0, 0.05) is 13.7 Å². The Morgan fingerprint density at radius 1 is 1.47 bits per heavy atom. The van der Waals surface area contributed by atoms with E-state index in [1.54, 1.807) is 0 Å². The molecule has 2 unspecified atom stereocenters. The van der Waals surface area contributed by atoms with Crippen LogP contribution in [0.25, 0.3) is 0 Å². The quantitative estimate of drug-likeness (QED) is 0.575. The summed E-state index contributed by atoms with van der Waals surface area (Å²) in [6, 6.07) is -1.88. The van der Waals surface area contributed by atoms with Gasteiger partial charge < -0.3 is 20.5 Å². The lowest BCUT2D eigenvalue weighted by molar-refractivity contribution is -0.140. The SMILES string of the molecule is COCC(NC(=O)NCC1CCCS1(=O)=O)C(=O)O. The molecule has 0 aromatic carbocycles. The Bertz CT molecular complexity index is 435. The van der Waals surface area contributed by atoms with Crippen molar-refractivity contribution in [3.8, 4) is 0 Å². The zero-order chi connectivity index (χ0) is 14.5. The van der Waals surface area contributed by atoms with Crippen molar-refractivity contribution in [1.29, 1.82) is 0 Å². The molecule has 0 aliphatic carbocycles. The van der Waals surface area contributed by atoms with Crippen molar-refractivity contribution in [2.45, 2.75) is 24.1 Å². The molecule has 0 aromatic rings. The van der Waals surface area contributed by atoms with Gasteiger partial charge in [-0.1, -0.05) is 0 Å². The largest absolute Gasteiger partial charge is 0.480 e. The number of carbonyl (C=O) groups excluding carboxylic acids is 1. The van der Waals surface area contributed by atoms with E-state index in [1.165, 1.54) is 7.11 Å². The van der Waals surface area contributed by atoms with Crippen LogP contribution in [0.3, 0.4) is 0 Å². The van der Waals surface area contributed by atoms with E-state index in [0.29, 0.717) is 12.8 Å². The van der Waals surface area contributed by atoms with E-state index in [2.05, 4.69) is 15.4 Å². The molecule has 19 heavy (non-hydrogen) atoms. The van der Waals surface area contributed by atoms with Crippen LogP contribution >= 0.6 is 0 Å². The summed E-state index contributed by atoms with van der Waals surface area (Å²) >= 11 is 0. The van der Waals surface area contributed by atoms with Crippen molar-refractivity contribution in [3.05, 3.63) is 0 Å².